The molecule has 1 saturated heterocycles. The van der Waals surface area contributed by atoms with Crippen LogP contribution in [0.15, 0.2) is 18.3 Å². The Kier molecular flexibility index (Phi) is 3.05. The standard InChI is InChI=1S/C13H19N3O/c1-13(2)6-4-8-16(13)12(17)10-5-7-15-11(9-10)14-3/h5,7,9H,4,6,8H2,1-3H3,(H,14,15). The summed E-state index contributed by atoms with van der Waals surface area (Å²) in [6.07, 6.45) is 3.83. The number of hydrogen-bond acceptors (Lipinski definition) is 3. The molecule has 1 aromatic rings. The third kappa shape index (κ3) is 2.25. The summed E-state index contributed by atoms with van der Waals surface area (Å²) in [7, 11) is 1.80. The van der Waals surface area contributed by atoms with E-state index in [4.69, 9.17) is 0 Å². The van der Waals surface area contributed by atoms with Gasteiger partial charge in [0.15, 0.2) is 0 Å². The van der Waals surface area contributed by atoms with Crippen molar-refractivity contribution in [3.63, 3.8) is 0 Å². The summed E-state index contributed by atoms with van der Waals surface area (Å²) in [4.78, 5) is 18.5. The first-order chi connectivity index (χ1) is 8.04. The Hall–Kier alpha value is -1.58. The highest BCUT2D eigenvalue weighted by Crippen LogP contribution is 2.29. The van der Waals surface area contributed by atoms with Gasteiger partial charge in [-0.15, -0.1) is 0 Å². The summed E-state index contributed by atoms with van der Waals surface area (Å²) in [6, 6.07) is 3.58. The second-order valence-corrected chi connectivity index (χ2v) is 5.05. The van der Waals surface area contributed by atoms with E-state index >= 15 is 0 Å². The lowest BCUT2D eigenvalue weighted by molar-refractivity contribution is 0.0652. The van der Waals surface area contributed by atoms with E-state index < -0.39 is 0 Å². The van der Waals surface area contributed by atoms with Crippen molar-refractivity contribution in [3.8, 4) is 0 Å². The lowest BCUT2D eigenvalue weighted by atomic mass is 10.0. The molecule has 92 valence electrons. The third-order valence-corrected chi connectivity index (χ3v) is 3.41. The molecule has 4 heteroatoms. The van der Waals surface area contributed by atoms with Crippen LogP contribution in [0.2, 0.25) is 0 Å². The van der Waals surface area contributed by atoms with E-state index in [0.717, 1.165) is 25.2 Å². The van der Waals surface area contributed by atoms with Crippen molar-refractivity contribution in [3.05, 3.63) is 23.9 Å². The molecule has 1 aromatic heterocycles. The van der Waals surface area contributed by atoms with Gasteiger partial charge < -0.3 is 10.2 Å². The molecule has 1 aliphatic rings. The summed E-state index contributed by atoms with van der Waals surface area (Å²) < 4.78 is 0. The molecule has 2 heterocycles. The van der Waals surface area contributed by atoms with Crippen LogP contribution in [0.5, 0.6) is 0 Å². The number of amides is 1. The van der Waals surface area contributed by atoms with Crippen molar-refractivity contribution < 1.29 is 4.79 Å². The Morgan fingerprint density at radius 1 is 1.53 bits per heavy atom. The average Bonchev–Trinajstić information content (AvgIpc) is 2.68. The first kappa shape index (κ1) is 11.9. The minimum atomic E-state index is -0.0276. The highest BCUT2D eigenvalue weighted by molar-refractivity contribution is 5.95. The number of rotatable bonds is 2. The molecule has 2 rings (SSSR count). The fourth-order valence-electron chi connectivity index (χ4n) is 2.34. The van der Waals surface area contributed by atoms with Gasteiger partial charge in [0.25, 0.3) is 5.91 Å². The molecule has 1 aliphatic heterocycles. The number of likely N-dealkylation sites (tertiary alicyclic amines) is 1. The van der Waals surface area contributed by atoms with E-state index in [-0.39, 0.29) is 11.4 Å². The number of hydrogen-bond donors (Lipinski definition) is 1. The van der Waals surface area contributed by atoms with E-state index in [0.29, 0.717) is 5.56 Å². The number of carbonyl (C=O) groups excluding carboxylic acids is 1. The van der Waals surface area contributed by atoms with E-state index in [1.807, 2.05) is 4.90 Å². The fourth-order valence-corrected chi connectivity index (χ4v) is 2.34. The topological polar surface area (TPSA) is 45.2 Å². The van der Waals surface area contributed by atoms with Gasteiger partial charge in [0, 0.05) is 30.9 Å². The van der Waals surface area contributed by atoms with Gasteiger partial charge in [0.1, 0.15) is 5.82 Å². The highest BCUT2D eigenvalue weighted by atomic mass is 16.2. The molecule has 1 amide bonds. The Labute approximate surface area is 102 Å². The lowest BCUT2D eigenvalue weighted by Gasteiger charge is -2.31. The van der Waals surface area contributed by atoms with Gasteiger partial charge in [0.05, 0.1) is 0 Å². The predicted molar refractivity (Wildman–Crippen MR) is 68.1 cm³/mol. The quantitative estimate of drug-likeness (QED) is 0.851. The summed E-state index contributed by atoms with van der Waals surface area (Å²) in [5.74, 6) is 0.833. The van der Waals surface area contributed by atoms with Crippen LogP contribution in [0.1, 0.15) is 37.0 Å². The normalized spacial score (nSPS) is 18.2. The number of anilines is 1. The number of nitrogens with zero attached hydrogens (tertiary/aromatic N) is 2. The molecule has 0 unspecified atom stereocenters. The maximum absolute atomic E-state index is 12.4. The second kappa shape index (κ2) is 4.35. The van der Waals surface area contributed by atoms with Crippen LogP contribution in [-0.2, 0) is 0 Å². The van der Waals surface area contributed by atoms with Crippen LogP contribution >= 0.6 is 0 Å². The molecule has 1 fully saturated rings. The second-order valence-electron chi connectivity index (χ2n) is 5.05. The molecule has 1 N–H and O–H groups in total. The number of pyridine rings is 1. The molecule has 0 aliphatic carbocycles. The van der Waals surface area contributed by atoms with Crippen LogP contribution in [0, 0.1) is 0 Å². The highest BCUT2D eigenvalue weighted by Gasteiger charge is 2.35. The van der Waals surface area contributed by atoms with Gasteiger partial charge in [0.2, 0.25) is 0 Å². The van der Waals surface area contributed by atoms with Gasteiger partial charge in [-0.2, -0.15) is 0 Å². The number of aromatic nitrogens is 1. The van der Waals surface area contributed by atoms with Crippen molar-refractivity contribution in [2.24, 2.45) is 0 Å². The van der Waals surface area contributed by atoms with Gasteiger partial charge in [-0.25, -0.2) is 4.98 Å². The Bertz CT molecular complexity index is 428. The molecule has 0 atom stereocenters. The SMILES string of the molecule is CNc1cc(C(=O)N2CCCC2(C)C)ccn1. The van der Waals surface area contributed by atoms with E-state index in [1.165, 1.54) is 0 Å². The smallest absolute Gasteiger partial charge is 0.254 e. The minimum Gasteiger partial charge on any atom is -0.373 e. The van der Waals surface area contributed by atoms with E-state index in [2.05, 4.69) is 24.1 Å². The monoisotopic (exact) mass is 233 g/mol. The van der Waals surface area contributed by atoms with Crippen molar-refractivity contribution in [2.75, 3.05) is 18.9 Å². The van der Waals surface area contributed by atoms with E-state index in [9.17, 15) is 4.79 Å². The maximum atomic E-state index is 12.4. The Morgan fingerprint density at radius 3 is 2.88 bits per heavy atom. The van der Waals surface area contributed by atoms with Crippen LogP contribution in [-0.4, -0.2) is 34.9 Å². The molecule has 0 saturated carbocycles. The summed E-state index contributed by atoms with van der Waals surface area (Å²) in [6.45, 7) is 5.10. The first-order valence-electron chi connectivity index (χ1n) is 6.00. The molecule has 17 heavy (non-hydrogen) atoms. The number of carbonyl (C=O) groups is 1. The lowest BCUT2D eigenvalue weighted by Crippen LogP contribution is -2.42. The van der Waals surface area contributed by atoms with Crippen LogP contribution in [0.25, 0.3) is 0 Å². The van der Waals surface area contributed by atoms with Crippen molar-refractivity contribution in [2.45, 2.75) is 32.2 Å². The van der Waals surface area contributed by atoms with Crippen molar-refractivity contribution >= 4 is 11.7 Å². The molecule has 0 radical (unpaired) electrons. The Balaban J connectivity index is 2.25. The van der Waals surface area contributed by atoms with E-state index in [1.54, 1.807) is 25.4 Å². The number of nitrogens with one attached hydrogen (secondary N) is 1. The largest absolute Gasteiger partial charge is 0.373 e. The van der Waals surface area contributed by atoms with Gasteiger partial charge in [-0.05, 0) is 38.8 Å². The Morgan fingerprint density at radius 2 is 2.29 bits per heavy atom. The summed E-state index contributed by atoms with van der Waals surface area (Å²) >= 11 is 0. The minimum absolute atomic E-state index is 0.0276. The molecule has 0 bridgehead atoms. The maximum Gasteiger partial charge on any atom is 0.254 e. The van der Waals surface area contributed by atoms with Crippen LogP contribution in [0.4, 0.5) is 5.82 Å². The predicted octanol–water partition coefficient (Wildman–Crippen LogP) is 2.14. The third-order valence-electron chi connectivity index (χ3n) is 3.41. The van der Waals surface area contributed by atoms with Gasteiger partial charge in [-0.3, -0.25) is 4.79 Å². The summed E-state index contributed by atoms with van der Waals surface area (Å²) in [5, 5.41) is 2.95. The van der Waals surface area contributed by atoms with Crippen LogP contribution < -0.4 is 5.32 Å². The molecule has 0 spiro atoms. The molecular formula is C13H19N3O. The van der Waals surface area contributed by atoms with Gasteiger partial charge >= 0.3 is 0 Å². The zero-order chi connectivity index (χ0) is 12.5. The zero-order valence-electron chi connectivity index (χ0n) is 10.7. The molecular weight excluding hydrogens is 214 g/mol. The van der Waals surface area contributed by atoms with Crippen LogP contribution in [0.3, 0.4) is 0 Å². The first-order valence-corrected chi connectivity index (χ1v) is 6.00. The van der Waals surface area contributed by atoms with Crippen molar-refractivity contribution in [1.29, 1.82) is 0 Å². The molecule has 4 nitrogen and oxygen atoms in total. The summed E-state index contributed by atoms with van der Waals surface area (Å²) in [5.41, 5.74) is 0.680. The average molecular weight is 233 g/mol. The molecule has 0 aromatic carbocycles. The van der Waals surface area contributed by atoms with Crippen molar-refractivity contribution in [1.82, 2.24) is 9.88 Å². The van der Waals surface area contributed by atoms with Gasteiger partial charge in [-0.1, -0.05) is 0 Å². The zero-order valence-corrected chi connectivity index (χ0v) is 10.7. The fraction of sp³-hybridized carbons (Fsp3) is 0.538.